The van der Waals surface area contributed by atoms with Crippen LogP contribution in [0.4, 0.5) is 11.4 Å². The number of ether oxygens (including phenoxy) is 1. The molecule has 1 amide bonds. The van der Waals surface area contributed by atoms with E-state index in [0.29, 0.717) is 17.1 Å². The van der Waals surface area contributed by atoms with Gasteiger partial charge in [-0.25, -0.2) is 8.42 Å². The van der Waals surface area contributed by atoms with Gasteiger partial charge < -0.3 is 10.1 Å². The fourth-order valence-electron chi connectivity index (χ4n) is 2.30. The lowest BCUT2D eigenvalue weighted by Gasteiger charge is -2.31. The van der Waals surface area contributed by atoms with E-state index in [9.17, 15) is 13.2 Å². The maximum absolute atomic E-state index is 12.4. The molecule has 1 heterocycles. The molecule has 0 spiro atoms. The number of carbonyl (C=O) groups is 1. The molecular weight excluding hydrogens is 328 g/mol. The van der Waals surface area contributed by atoms with E-state index in [2.05, 4.69) is 10.0 Å². The minimum Gasteiger partial charge on any atom is -0.476 e. The zero-order valence-corrected chi connectivity index (χ0v) is 14.4. The number of benzene rings is 2. The number of fused-ring (bicyclic) bond motifs is 1. The molecule has 1 aliphatic heterocycles. The highest BCUT2D eigenvalue weighted by Gasteiger charge is 2.35. The number of amides is 1. The summed E-state index contributed by atoms with van der Waals surface area (Å²) in [5, 5.41) is 2.74. The third kappa shape index (κ3) is 3.07. The second-order valence-corrected chi connectivity index (χ2v) is 7.88. The van der Waals surface area contributed by atoms with E-state index in [0.717, 1.165) is 5.56 Å². The summed E-state index contributed by atoms with van der Waals surface area (Å²) >= 11 is 0. The average Bonchev–Trinajstić information content (AvgIpc) is 2.48. The first kappa shape index (κ1) is 16.3. The summed E-state index contributed by atoms with van der Waals surface area (Å²) in [6.07, 6.45) is 0. The van der Waals surface area contributed by atoms with Crippen molar-refractivity contribution in [2.75, 3.05) is 10.0 Å². The SMILES string of the molecule is Cc1ccc(S(=O)(=O)Nc2ccc3c(c2)OC(C)(C)C(=O)N3)cc1. The van der Waals surface area contributed by atoms with Crippen LogP contribution in [0.5, 0.6) is 5.75 Å². The lowest BCUT2D eigenvalue weighted by atomic mass is 10.1. The van der Waals surface area contributed by atoms with Crippen LogP contribution in [-0.2, 0) is 14.8 Å². The molecule has 6 nitrogen and oxygen atoms in total. The van der Waals surface area contributed by atoms with E-state index in [1.807, 2.05) is 6.92 Å². The minimum absolute atomic E-state index is 0.181. The van der Waals surface area contributed by atoms with Crippen molar-refractivity contribution in [3.05, 3.63) is 48.0 Å². The van der Waals surface area contributed by atoms with Gasteiger partial charge >= 0.3 is 0 Å². The Hall–Kier alpha value is -2.54. The van der Waals surface area contributed by atoms with Gasteiger partial charge in [-0.15, -0.1) is 0 Å². The first-order valence-electron chi connectivity index (χ1n) is 7.41. The summed E-state index contributed by atoms with van der Waals surface area (Å²) in [7, 11) is -3.69. The van der Waals surface area contributed by atoms with Gasteiger partial charge in [0.25, 0.3) is 15.9 Å². The third-order valence-corrected chi connectivity index (χ3v) is 5.12. The van der Waals surface area contributed by atoms with Crippen LogP contribution >= 0.6 is 0 Å². The largest absolute Gasteiger partial charge is 0.476 e. The van der Waals surface area contributed by atoms with Crippen molar-refractivity contribution >= 4 is 27.3 Å². The van der Waals surface area contributed by atoms with E-state index in [4.69, 9.17) is 4.74 Å². The second kappa shape index (κ2) is 5.52. The number of hydrogen-bond donors (Lipinski definition) is 2. The Balaban J connectivity index is 1.89. The Bertz CT molecular complexity index is 903. The molecule has 0 atom stereocenters. The van der Waals surface area contributed by atoms with Crippen molar-refractivity contribution < 1.29 is 17.9 Å². The van der Waals surface area contributed by atoms with Crippen LogP contribution < -0.4 is 14.8 Å². The van der Waals surface area contributed by atoms with Gasteiger partial charge in [-0.05, 0) is 45.0 Å². The predicted molar refractivity (Wildman–Crippen MR) is 91.8 cm³/mol. The molecule has 2 aromatic carbocycles. The van der Waals surface area contributed by atoms with Gasteiger partial charge in [-0.3, -0.25) is 9.52 Å². The lowest BCUT2D eigenvalue weighted by Crippen LogP contribution is -2.45. The summed E-state index contributed by atoms with van der Waals surface area (Å²) in [4.78, 5) is 12.0. The van der Waals surface area contributed by atoms with E-state index in [1.54, 1.807) is 56.3 Å². The van der Waals surface area contributed by atoms with Crippen molar-refractivity contribution in [1.29, 1.82) is 0 Å². The molecule has 0 aromatic heterocycles. The first-order valence-corrected chi connectivity index (χ1v) is 8.90. The van der Waals surface area contributed by atoms with E-state index >= 15 is 0 Å². The number of aryl methyl sites for hydroxylation is 1. The molecule has 126 valence electrons. The summed E-state index contributed by atoms with van der Waals surface area (Å²) in [5.41, 5.74) is 0.842. The highest BCUT2D eigenvalue weighted by molar-refractivity contribution is 7.92. The van der Waals surface area contributed by atoms with Crippen LogP contribution in [0, 0.1) is 6.92 Å². The quantitative estimate of drug-likeness (QED) is 0.895. The Kier molecular flexibility index (Phi) is 3.76. The number of carbonyl (C=O) groups excluding carboxylic acids is 1. The van der Waals surface area contributed by atoms with Crippen molar-refractivity contribution in [2.45, 2.75) is 31.3 Å². The van der Waals surface area contributed by atoms with Crippen LogP contribution in [-0.4, -0.2) is 19.9 Å². The van der Waals surface area contributed by atoms with Crippen LogP contribution in [0.2, 0.25) is 0 Å². The molecule has 3 rings (SSSR count). The van der Waals surface area contributed by atoms with Gasteiger partial charge in [0.1, 0.15) is 5.75 Å². The first-order chi connectivity index (χ1) is 11.2. The van der Waals surface area contributed by atoms with Crippen molar-refractivity contribution in [2.24, 2.45) is 0 Å². The monoisotopic (exact) mass is 346 g/mol. The van der Waals surface area contributed by atoms with Crippen LogP contribution in [0.1, 0.15) is 19.4 Å². The number of anilines is 2. The predicted octanol–water partition coefficient (Wildman–Crippen LogP) is 2.91. The highest BCUT2D eigenvalue weighted by atomic mass is 32.2. The average molecular weight is 346 g/mol. The molecule has 0 saturated carbocycles. The molecule has 0 fully saturated rings. The summed E-state index contributed by atoms with van der Waals surface area (Å²) in [5.74, 6) is 0.173. The van der Waals surface area contributed by atoms with E-state index < -0.39 is 15.6 Å². The Morgan fingerprint density at radius 2 is 1.75 bits per heavy atom. The van der Waals surface area contributed by atoms with Gasteiger partial charge in [-0.2, -0.15) is 0 Å². The molecule has 0 radical (unpaired) electrons. The molecule has 0 unspecified atom stereocenters. The van der Waals surface area contributed by atoms with Crippen LogP contribution in [0.3, 0.4) is 0 Å². The molecule has 7 heteroatoms. The maximum atomic E-state index is 12.4. The zero-order chi connectivity index (χ0) is 17.5. The fraction of sp³-hybridized carbons (Fsp3) is 0.235. The standard InChI is InChI=1S/C17H18N2O4S/c1-11-4-7-13(8-5-11)24(21,22)19-12-6-9-14-15(10-12)23-17(2,3)16(20)18-14/h4-10,19H,1-3H3,(H,18,20). The number of nitrogens with one attached hydrogen (secondary N) is 2. The van der Waals surface area contributed by atoms with Crippen molar-refractivity contribution in [3.63, 3.8) is 0 Å². The van der Waals surface area contributed by atoms with Crippen molar-refractivity contribution in [3.8, 4) is 5.75 Å². The Morgan fingerprint density at radius 1 is 1.08 bits per heavy atom. The summed E-state index contributed by atoms with van der Waals surface area (Å²) in [6, 6.07) is 11.3. The third-order valence-electron chi connectivity index (χ3n) is 3.73. The highest BCUT2D eigenvalue weighted by Crippen LogP contribution is 2.36. The second-order valence-electron chi connectivity index (χ2n) is 6.20. The molecule has 2 N–H and O–H groups in total. The van der Waals surface area contributed by atoms with Crippen LogP contribution in [0.15, 0.2) is 47.4 Å². The normalized spacial score (nSPS) is 15.9. The Morgan fingerprint density at radius 3 is 2.42 bits per heavy atom. The Labute approximate surface area is 140 Å². The van der Waals surface area contributed by atoms with Gasteiger partial charge in [0, 0.05) is 6.07 Å². The molecule has 1 aliphatic rings. The van der Waals surface area contributed by atoms with E-state index in [1.165, 1.54) is 0 Å². The van der Waals surface area contributed by atoms with Gasteiger partial charge in [0.15, 0.2) is 5.60 Å². The number of sulfonamides is 1. The lowest BCUT2D eigenvalue weighted by molar-refractivity contribution is -0.129. The van der Waals surface area contributed by atoms with Gasteiger partial charge in [0.05, 0.1) is 16.3 Å². The van der Waals surface area contributed by atoms with Gasteiger partial charge in [0.2, 0.25) is 0 Å². The smallest absolute Gasteiger partial charge is 0.268 e. The number of rotatable bonds is 3. The molecular formula is C17H18N2O4S. The zero-order valence-electron chi connectivity index (χ0n) is 13.6. The molecule has 0 bridgehead atoms. The fourth-order valence-corrected chi connectivity index (χ4v) is 3.35. The molecule has 0 saturated heterocycles. The minimum atomic E-state index is -3.69. The van der Waals surface area contributed by atoms with E-state index in [-0.39, 0.29) is 10.8 Å². The summed E-state index contributed by atoms with van der Waals surface area (Å²) in [6.45, 7) is 5.18. The number of hydrogen-bond acceptors (Lipinski definition) is 4. The van der Waals surface area contributed by atoms with Crippen LogP contribution in [0.25, 0.3) is 0 Å². The molecule has 24 heavy (non-hydrogen) atoms. The van der Waals surface area contributed by atoms with Crippen molar-refractivity contribution in [1.82, 2.24) is 0 Å². The molecule has 0 aliphatic carbocycles. The maximum Gasteiger partial charge on any atom is 0.268 e. The molecule has 2 aromatic rings. The topological polar surface area (TPSA) is 84.5 Å². The summed E-state index contributed by atoms with van der Waals surface area (Å²) < 4.78 is 33.1. The van der Waals surface area contributed by atoms with Gasteiger partial charge in [-0.1, -0.05) is 17.7 Å².